The lowest BCUT2D eigenvalue weighted by atomic mass is 10.0. The van der Waals surface area contributed by atoms with E-state index in [9.17, 15) is 9.59 Å². The molecule has 1 aromatic rings. The topological polar surface area (TPSA) is 106 Å². The Morgan fingerprint density at radius 2 is 1.10 bits per heavy atom. The fraction of sp³-hybridized carbons (Fsp3) is 0.904. The Morgan fingerprint density at radius 1 is 0.623 bits per heavy atom. The number of ether oxygens (including phenoxy) is 3. The Balaban J connectivity index is 0. The van der Waals surface area contributed by atoms with E-state index in [0.29, 0.717) is 25.3 Å². The summed E-state index contributed by atoms with van der Waals surface area (Å²) in [6, 6.07) is 1.44. The van der Waals surface area contributed by atoms with Crippen LogP contribution in [0.25, 0.3) is 0 Å². The zero-order chi connectivity index (χ0) is 44.1. The summed E-state index contributed by atoms with van der Waals surface area (Å²) in [5.74, 6) is 0.564. The van der Waals surface area contributed by atoms with Gasteiger partial charge in [0.25, 0.3) is 5.56 Å². The van der Waals surface area contributed by atoms with E-state index in [-0.39, 0.29) is 20.5 Å². The van der Waals surface area contributed by atoms with Crippen LogP contribution in [0.15, 0.2) is 17.1 Å². The molecule has 1 aromatic heterocycles. The molecule has 0 saturated carbocycles. The van der Waals surface area contributed by atoms with Crippen molar-refractivity contribution in [1.29, 1.82) is 0 Å². The van der Waals surface area contributed by atoms with Crippen molar-refractivity contribution in [3.63, 3.8) is 0 Å². The summed E-state index contributed by atoms with van der Waals surface area (Å²) >= 11 is 0. The van der Waals surface area contributed by atoms with E-state index >= 15 is 0 Å². The highest BCUT2D eigenvalue weighted by atomic mass is 16.7. The highest BCUT2D eigenvalue weighted by Gasteiger charge is 2.15. The van der Waals surface area contributed by atoms with Crippen LogP contribution in [0.1, 0.15) is 255 Å². The lowest BCUT2D eigenvalue weighted by Gasteiger charge is -2.22. The third-order valence-electron chi connectivity index (χ3n) is 12.3. The van der Waals surface area contributed by atoms with E-state index in [4.69, 9.17) is 14.2 Å². The first-order chi connectivity index (χ1) is 30.0. The Bertz CT molecular complexity index is 1120. The largest absolute Gasteiger partial charge is 0.462 e. The van der Waals surface area contributed by atoms with E-state index in [0.717, 1.165) is 84.2 Å². The molecule has 1 rings (SSSR count). The maximum absolute atomic E-state index is 12.9. The predicted octanol–water partition coefficient (Wildman–Crippen LogP) is 15.0. The zero-order valence-electron chi connectivity index (χ0n) is 40.7. The number of rotatable bonds is 48. The molecule has 2 N–H and O–H groups in total. The molecule has 0 fully saturated rings. The lowest BCUT2D eigenvalue weighted by molar-refractivity contribution is -0.150. The number of nitrogens with one attached hydrogen (secondary N) is 2. The van der Waals surface area contributed by atoms with Crippen molar-refractivity contribution >= 4 is 11.9 Å². The molecule has 1 unspecified atom stereocenters. The Kier molecular flexibility index (Phi) is 41.7. The number of hydrogen-bond donors (Lipinski definition) is 2. The number of H-pyrrole nitrogens is 1. The first kappa shape index (κ1) is 57.0. The van der Waals surface area contributed by atoms with Gasteiger partial charge in [-0.15, -0.1) is 0 Å². The second-order valence-electron chi connectivity index (χ2n) is 18.0. The number of nitrogens with zero attached hydrogens (tertiary/aromatic N) is 2. The van der Waals surface area contributed by atoms with Crippen LogP contribution in [0.4, 0.5) is 5.95 Å². The summed E-state index contributed by atoms with van der Waals surface area (Å²) in [5.41, 5.74) is -0.132. The SMILES string of the molecule is CCCCCCCCC(CC)OCOCCCCCCCCN(CCCCCCCC(=O)OC(CCCCCCCC)CCCCCCCC)CCCNc1nccc(=O)[nH]1.[HH].[HH]. The molecule has 0 radical (unpaired) electrons. The molecule has 362 valence electrons. The number of esters is 1. The summed E-state index contributed by atoms with van der Waals surface area (Å²) in [5, 5.41) is 3.27. The summed E-state index contributed by atoms with van der Waals surface area (Å²) in [6.45, 7) is 14.3. The maximum atomic E-state index is 12.9. The van der Waals surface area contributed by atoms with Gasteiger partial charge in [0.15, 0.2) is 0 Å². The van der Waals surface area contributed by atoms with Crippen molar-refractivity contribution in [2.24, 2.45) is 0 Å². The number of hydrogen-bond acceptors (Lipinski definition) is 8. The van der Waals surface area contributed by atoms with Crippen molar-refractivity contribution in [3.05, 3.63) is 22.6 Å². The molecule has 61 heavy (non-hydrogen) atoms. The van der Waals surface area contributed by atoms with Crippen LogP contribution in [0, 0.1) is 0 Å². The molecule has 0 amide bonds. The highest BCUT2D eigenvalue weighted by molar-refractivity contribution is 5.69. The van der Waals surface area contributed by atoms with Gasteiger partial charge in [-0.3, -0.25) is 14.6 Å². The number of aromatic nitrogens is 2. The average Bonchev–Trinajstić information content (AvgIpc) is 3.26. The van der Waals surface area contributed by atoms with E-state index < -0.39 is 0 Å². The summed E-state index contributed by atoms with van der Waals surface area (Å²) in [7, 11) is 0. The minimum absolute atomic E-state index is 0. The van der Waals surface area contributed by atoms with Crippen molar-refractivity contribution in [2.75, 3.05) is 44.9 Å². The quantitative estimate of drug-likeness (QED) is 0.0379. The van der Waals surface area contributed by atoms with E-state index in [1.807, 2.05) is 0 Å². The van der Waals surface area contributed by atoms with Crippen molar-refractivity contribution in [1.82, 2.24) is 14.9 Å². The average molecular weight is 865 g/mol. The third-order valence-corrected chi connectivity index (χ3v) is 12.3. The maximum Gasteiger partial charge on any atom is 0.306 e. The molecule has 0 aliphatic carbocycles. The second kappa shape index (κ2) is 44.6. The molecule has 0 aliphatic heterocycles. The zero-order valence-corrected chi connectivity index (χ0v) is 40.7. The van der Waals surface area contributed by atoms with Crippen LogP contribution in [-0.4, -0.2) is 72.6 Å². The third kappa shape index (κ3) is 38.2. The highest BCUT2D eigenvalue weighted by Crippen LogP contribution is 2.19. The molecule has 9 heteroatoms. The van der Waals surface area contributed by atoms with Gasteiger partial charge in [-0.1, -0.05) is 175 Å². The van der Waals surface area contributed by atoms with Crippen molar-refractivity contribution in [2.45, 2.75) is 265 Å². The standard InChI is InChI=1S/C52H100N4O5.2H2/c1-5-9-12-15-21-28-36-48(8-4)60-47-59-46-34-27-19-18-25-32-43-56(45-35-41-53-52-54-42-40-50(57)55-52)44-33-26-20-24-31-39-51(58)61-49(37-29-22-16-13-10-6-2)38-30-23-17-14-11-7-3;;/h40,42,48-49H,5-39,41,43-47H2,1-4H3,(H2,53,54,55,57);2*1H. The van der Waals surface area contributed by atoms with Gasteiger partial charge in [0.05, 0.1) is 6.10 Å². The monoisotopic (exact) mass is 865 g/mol. The number of unbranched alkanes of at least 4 members (excludes halogenated alkanes) is 24. The van der Waals surface area contributed by atoms with Gasteiger partial charge in [0.2, 0.25) is 5.95 Å². The molecule has 0 bridgehead atoms. The lowest BCUT2D eigenvalue weighted by Crippen LogP contribution is -2.28. The van der Waals surface area contributed by atoms with Gasteiger partial charge >= 0.3 is 5.97 Å². The fourth-order valence-corrected chi connectivity index (χ4v) is 8.26. The molecular weight excluding hydrogens is 761 g/mol. The van der Waals surface area contributed by atoms with Crippen LogP contribution < -0.4 is 10.9 Å². The molecule has 0 spiro atoms. The van der Waals surface area contributed by atoms with Crippen LogP contribution in [0.2, 0.25) is 0 Å². The first-order valence-corrected chi connectivity index (χ1v) is 26.4. The normalized spacial score (nSPS) is 12.2. The summed E-state index contributed by atoms with van der Waals surface area (Å²) in [4.78, 5) is 34.1. The minimum atomic E-state index is -0.132. The van der Waals surface area contributed by atoms with Gasteiger partial charge in [-0.05, 0) is 90.3 Å². The molecule has 1 heterocycles. The van der Waals surface area contributed by atoms with Gasteiger partial charge in [0.1, 0.15) is 12.9 Å². The Labute approximate surface area is 379 Å². The molecular formula is C52H104N4O5. The van der Waals surface area contributed by atoms with Crippen LogP contribution in [0.3, 0.4) is 0 Å². The van der Waals surface area contributed by atoms with Gasteiger partial charge in [-0.2, -0.15) is 0 Å². The first-order valence-electron chi connectivity index (χ1n) is 26.4. The van der Waals surface area contributed by atoms with Gasteiger partial charge in [-0.25, -0.2) is 4.98 Å². The Morgan fingerprint density at radius 3 is 1.64 bits per heavy atom. The van der Waals surface area contributed by atoms with E-state index in [1.54, 1.807) is 6.20 Å². The van der Waals surface area contributed by atoms with Crippen LogP contribution in [0.5, 0.6) is 0 Å². The summed E-state index contributed by atoms with van der Waals surface area (Å²) < 4.78 is 17.9. The number of carbonyl (C=O) groups is 1. The summed E-state index contributed by atoms with van der Waals surface area (Å²) in [6.07, 6.45) is 44.2. The van der Waals surface area contributed by atoms with Crippen molar-refractivity contribution < 1.29 is 21.9 Å². The number of carbonyl (C=O) groups excluding carboxylic acids is 1. The van der Waals surface area contributed by atoms with Crippen molar-refractivity contribution in [3.8, 4) is 0 Å². The smallest absolute Gasteiger partial charge is 0.306 e. The number of aromatic amines is 1. The fourth-order valence-electron chi connectivity index (χ4n) is 8.26. The predicted molar refractivity (Wildman–Crippen MR) is 264 cm³/mol. The molecule has 0 aliphatic rings. The van der Waals surface area contributed by atoms with Crippen LogP contribution in [-0.2, 0) is 19.0 Å². The second-order valence-corrected chi connectivity index (χ2v) is 18.0. The van der Waals surface area contributed by atoms with Crippen LogP contribution >= 0.6 is 0 Å². The molecule has 0 saturated heterocycles. The van der Waals surface area contributed by atoms with Gasteiger partial charge < -0.3 is 24.4 Å². The molecule has 9 nitrogen and oxygen atoms in total. The van der Waals surface area contributed by atoms with Gasteiger partial charge in [0, 0.05) is 34.7 Å². The number of anilines is 1. The Hall–Kier alpha value is -1.97. The van der Waals surface area contributed by atoms with E-state index in [2.05, 4.69) is 47.9 Å². The molecule has 0 aromatic carbocycles. The molecule has 1 atom stereocenters. The minimum Gasteiger partial charge on any atom is -0.462 e. The van der Waals surface area contributed by atoms with E-state index in [1.165, 1.54) is 173 Å².